The molecule has 1 aliphatic rings. The SMILES string of the molecule is COc1ccc(CCc2nnc(NC(=O)[C@@H]3CC(=O)N(c4ccccc4)C3)s2)cc1. The van der Waals surface area contributed by atoms with Crippen LogP contribution in [0.4, 0.5) is 10.8 Å². The number of carbonyl (C=O) groups excluding carboxylic acids is 2. The van der Waals surface area contributed by atoms with Gasteiger partial charge in [-0.2, -0.15) is 0 Å². The van der Waals surface area contributed by atoms with Gasteiger partial charge in [0.05, 0.1) is 13.0 Å². The van der Waals surface area contributed by atoms with Gasteiger partial charge in [-0.05, 0) is 36.2 Å². The van der Waals surface area contributed by atoms with Crippen molar-refractivity contribution in [3.63, 3.8) is 0 Å². The lowest BCUT2D eigenvalue weighted by atomic mass is 10.1. The highest BCUT2D eigenvalue weighted by atomic mass is 32.1. The second kappa shape index (κ2) is 9.04. The van der Waals surface area contributed by atoms with Crippen molar-refractivity contribution in [2.45, 2.75) is 19.3 Å². The van der Waals surface area contributed by atoms with Crippen molar-refractivity contribution in [1.29, 1.82) is 0 Å². The van der Waals surface area contributed by atoms with Gasteiger partial charge in [0.2, 0.25) is 16.9 Å². The minimum atomic E-state index is -0.399. The van der Waals surface area contributed by atoms with Crippen LogP contribution in [0.1, 0.15) is 17.0 Å². The van der Waals surface area contributed by atoms with E-state index in [-0.39, 0.29) is 18.2 Å². The topological polar surface area (TPSA) is 84.4 Å². The molecule has 8 heteroatoms. The summed E-state index contributed by atoms with van der Waals surface area (Å²) in [5.74, 6) is 0.193. The molecule has 4 rings (SSSR count). The molecular weight excluding hydrogens is 400 g/mol. The molecule has 1 aromatic heterocycles. The summed E-state index contributed by atoms with van der Waals surface area (Å²) in [6, 6.07) is 17.3. The number of nitrogens with one attached hydrogen (secondary N) is 1. The van der Waals surface area contributed by atoms with E-state index in [9.17, 15) is 9.59 Å². The van der Waals surface area contributed by atoms with Gasteiger partial charge < -0.3 is 15.0 Å². The summed E-state index contributed by atoms with van der Waals surface area (Å²) >= 11 is 1.37. The van der Waals surface area contributed by atoms with Gasteiger partial charge in [-0.3, -0.25) is 9.59 Å². The van der Waals surface area contributed by atoms with E-state index in [4.69, 9.17) is 4.74 Å². The Bertz CT molecular complexity index is 1020. The molecule has 154 valence electrons. The number of aromatic nitrogens is 2. The molecule has 1 atom stereocenters. The fourth-order valence-corrected chi connectivity index (χ4v) is 4.14. The number of para-hydroxylation sites is 1. The minimum absolute atomic E-state index is 0.0428. The van der Waals surface area contributed by atoms with Gasteiger partial charge in [-0.15, -0.1) is 10.2 Å². The molecule has 0 bridgehead atoms. The third-order valence-electron chi connectivity index (χ3n) is 5.05. The third-order valence-corrected chi connectivity index (χ3v) is 5.95. The zero-order chi connectivity index (χ0) is 20.9. The molecule has 2 amide bonds. The standard InChI is InChI=1S/C22H22N4O3S/c1-29-18-10-7-15(8-11-18)9-12-19-24-25-22(30-19)23-21(28)16-13-20(27)26(14-16)17-5-3-2-4-6-17/h2-8,10-11,16H,9,12-14H2,1H3,(H,23,25,28)/t16-/m1/s1. The maximum Gasteiger partial charge on any atom is 0.231 e. The summed E-state index contributed by atoms with van der Waals surface area (Å²) in [5.41, 5.74) is 2.00. The van der Waals surface area contributed by atoms with E-state index >= 15 is 0 Å². The van der Waals surface area contributed by atoms with Gasteiger partial charge >= 0.3 is 0 Å². The van der Waals surface area contributed by atoms with Crippen LogP contribution in [0.3, 0.4) is 0 Å². The van der Waals surface area contributed by atoms with Gasteiger partial charge in [0, 0.05) is 25.1 Å². The van der Waals surface area contributed by atoms with Gasteiger partial charge in [0.15, 0.2) is 0 Å². The highest BCUT2D eigenvalue weighted by Crippen LogP contribution is 2.26. The summed E-state index contributed by atoms with van der Waals surface area (Å²) in [4.78, 5) is 26.6. The van der Waals surface area contributed by atoms with E-state index < -0.39 is 5.92 Å². The fraction of sp³-hybridized carbons (Fsp3) is 0.273. The van der Waals surface area contributed by atoms with Gasteiger partial charge in [-0.1, -0.05) is 41.7 Å². The number of benzene rings is 2. The molecule has 0 radical (unpaired) electrons. The first-order valence-electron chi connectivity index (χ1n) is 9.74. The van der Waals surface area contributed by atoms with Crippen LogP contribution in [0, 0.1) is 5.92 Å². The van der Waals surface area contributed by atoms with Crippen LogP contribution >= 0.6 is 11.3 Å². The molecule has 0 unspecified atom stereocenters. The first-order chi connectivity index (χ1) is 14.6. The zero-order valence-corrected chi connectivity index (χ0v) is 17.4. The Hall–Kier alpha value is -3.26. The number of anilines is 2. The molecule has 1 aliphatic heterocycles. The monoisotopic (exact) mass is 422 g/mol. The molecule has 1 saturated heterocycles. The van der Waals surface area contributed by atoms with Crippen LogP contribution in [0.15, 0.2) is 54.6 Å². The van der Waals surface area contributed by atoms with E-state index in [1.807, 2.05) is 54.6 Å². The minimum Gasteiger partial charge on any atom is -0.497 e. The Balaban J connectivity index is 1.31. The number of amides is 2. The number of carbonyl (C=O) groups is 2. The molecule has 1 fully saturated rings. The Labute approximate surface area is 178 Å². The van der Waals surface area contributed by atoms with Crippen molar-refractivity contribution in [2.75, 3.05) is 23.9 Å². The van der Waals surface area contributed by atoms with Crippen LogP contribution in [-0.4, -0.2) is 35.7 Å². The number of ether oxygens (including phenoxy) is 1. The summed E-state index contributed by atoms with van der Waals surface area (Å²) in [6.07, 6.45) is 1.77. The van der Waals surface area contributed by atoms with Crippen molar-refractivity contribution >= 4 is 34.0 Å². The molecule has 1 N–H and O–H groups in total. The number of nitrogens with zero attached hydrogens (tertiary/aromatic N) is 3. The normalized spacial score (nSPS) is 16.0. The summed E-state index contributed by atoms with van der Waals surface area (Å²) in [6.45, 7) is 0.373. The van der Waals surface area contributed by atoms with Crippen molar-refractivity contribution < 1.29 is 14.3 Å². The first-order valence-corrected chi connectivity index (χ1v) is 10.6. The lowest BCUT2D eigenvalue weighted by Gasteiger charge is -2.16. The zero-order valence-electron chi connectivity index (χ0n) is 16.6. The van der Waals surface area contributed by atoms with Gasteiger partial charge in [0.1, 0.15) is 10.8 Å². The molecule has 30 heavy (non-hydrogen) atoms. The molecule has 7 nitrogen and oxygen atoms in total. The third kappa shape index (κ3) is 4.65. The van der Waals surface area contributed by atoms with E-state index in [2.05, 4.69) is 15.5 Å². The lowest BCUT2D eigenvalue weighted by molar-refractivity contribution is -0.122. The quantitative estimate of drug-likeness (QED) is 0.631. The Morgan fingerprint density at radius 1 is 1.13 bits per heavy atom. The smallest absolute Gasteiger partial charge is 0.231 e. The maximum atomic E-state index is 12.6. The van der Waals surface area contributed by atoms with E-state index in [1.54, 1.807) is 12.0 Å². The Kier molecular flexibility index (Phi) is 6.04. The number of methoxy groups -OCH3 is 1. The molecule has 0 aliphatic carbocycles. The van der Waals surface area contributed by atoms with Crippen LogP contribution < -0.4 is 15.0 Å². The van der Waals surface area contributed by atoms with Crippen LogP contribution in [0.2, 0.25) is 0 Å². The van der Waals surface area contributed by atoms with E-state index in [1.165, 1.54) is 16.9 Å². The maximum absolute atomic E-state index is 12.6. The first kappa shape index (κ1) is 20.0. The second-order valence-electron chi connectivity index (χ2n) is 7.08. The fourth-order valence-electron chi connectivity index (χ4n) is 3.40. The number of aryl methyl sites for hydroxylation is 2. The summed E-state index contributed by atoms with van der Waals surface area (Å²) < 4.78 is 5.17. The average molecular weight is 423 g/mol. The van der Waals surface area contributed by atoms with Gasteiger partial charge in [0.25, 0.3) is 0 Å². The molecule has 3 aromatic rings. The van der Waals surface area contributed by atoms with E-state index in [0.717, 1.165) is 29.3 Å². The van der Waals surface area contributed by atoms with E-state index in [0.29, 0.717) is 11.7 Å². The Morgan fingerprint density at radius 3 is 2.63 bits per heavy atom. The summed E-state index contributed by atoms with van der Waals surface area (Å²) in [7, 11) is 1.65. The predicted molar refractivity (Wildman–Crippen MR) is 116 cm³/mol. The predicted octanol–water partition coefficient (Wildman–Crippen LogP) is 3.32. The number of hydrogen-bond acceptors (Lipinski definition) is 6. The highest BCUT2D eigenvalue weighted by Gasteiger charge is 2.35. The van der Waals surface area contributed by atoms with Crippen LogP contribution in [-0.2, 0) is 22.4 Å². The summed E-state index contributed by atoms with van der Waals surface area (Å²) in [5, 5.41) is 12.4. The van der Waals surface area contributed by atoms with Gasteiger partial charge in [-0.25, -0.2) is 0 Å². The van der Waals surface area contributed by atoms with Crippen molar-refractivity contribution in [1.82, 2.24) is 10.2 Å². The lowest BCUT2D eigenvalue weighted by Crippen LogP contribution is -2.28. The van der Waals surface area contributed by atoms with Crippen molar-refractivity contribution in [3.05, 3.63) is 65.2 Å². The van der Waals surface area contributed by atoms with Crippen LogP contribution in [0.5, 0.6) is 5.75 Å². The average Bonchev–Trinajstić information content (AvgIpc) is 3.39. The molecule has 0 saturated carbocycles. The molecule has 0 spiro atoms. The highest BCUT2D eigenvalue weighted by molar-refractivity contribution is 7.15. The number of hydrogen-bond donors (Lipinski definition) is 1. The van der Waals surface area contributed by atoms with Crippen LogP contribution in [0.25, 0.3) is 0 Å². The molecular formula is C22H22N4O3S. The number of rotatable bonds is 7. The molecule has 2 aromatic carbocycles. The largest absolute Gasteiger partial charge is 0.497 e. The van der Waals surface area contributed by atoms with Crippen molar-refractivity contribution in [2.24, 2.45) is 5.92 Å². The Morgan fingerprint density at radius 2 is 1.90 bits per heavy atom. The van der Waals surface area contributed by atoms with Crippen molar-refractivity contribution in [3.8, 4) is 5.75 Å². The molecule has 2 heterocycles. The second-order valence-corrected chi connectivity index (χ2v) is 8.14.